The summed E-state index contributed by atoms with van der Waals surface area (Å²) in [7, 11) is 1.78. The zero-order valence-electron chi connectivity index (χ0n) is 13.1. The molecule has 112 valence electrons. The normalized spacial score (nSPS) is 13.8. The van der Waals surface area contributed by atoms with Crippen LogP contribution in [0.4, 0.5) is 5.69 Å². The molecule has 3 N–H and O–H groups in total. The van der Waals surface area contributed by atoms with E-state index >= 15 is 0 Å². The van der Waals surface area contributed by atoms with E-state index in [0.29, 0.717) is 0 Å². The van der Waals surface area contributed by atoms with Crippen molar-refractivity contribution in [2.45, 2.75) is 39.2 Å². The number of hydrogen-bond donors (Lipinski definition) is 2. The molecule has 1 unspecified atom stereocenters. The van der Waals surface area contributed by atoms with E-state index in [2.05, 4.69) is 48.3 Å². The summed E-state index contributed by atoms with van der Waals surface area (Å²) in [5, 5.41) is 3.02. The van der Waals surface area contributed by atoms with Gasteiger partial charge in [0.05, 0.1) is 5.54 Å². The third-order valence-corrected chi connectivity index (χ3v) is 3.98. The molecule has 20 heavy (non-hydrogen) atoms. The summed E-state index contributed by atoms with van der Waals surface area (Å²) >= 11 is 0. The molecular formula is C16H27N3O. The van der Waals surface area contributed by atoms with Crippen molar-refractivity contribution in [2.24, 2.45) is 5.73 Å². The van der Waals surface area contributed by atoms with Gasteiger partial charge in [0.25, 0.3) is 0 Å². The zero-order valence-corrected chi connectivity index (χ0v) is 13.1. The first-order valence-electron chi connectivity index (χ1n) is 7.23. The topological polar surface area (TPSA) is 58.4 Å². The van der Waals surface area contributed by atoms with Crippen LogP contribution in [0.5, 0.6) is 0 Å². The van der Waals surface area contributed by atoms with Crippen molar-refractivity contribution < 1.29 is 4.79 Å². The van der Waals surface area contributed by atoms with Gasteiger partial charge in [-0.15, -0.1) is 0 Å². The lowest BCUT2D eigenvalue weighted by atomic mass is 9.95. The van der Waals surface area contributed by atoms with Gasteiger partial charge < -0.3 is 16.0 Å². The second kappa shape index (κ2) is 7.29. The number of benzene rings is 1. The molecule has 0 saturated heterocycles. The molecule has 4 heteroatoms. The molecule has 1 amide bonds. The SMILES string of the molecule is CCN(CCCC(C)(NC)C(N)=O)c1ccc(C)cc1. The summed E-state index contributed by atoms with van der Waals surface area (Å²) in [6, 6.07) is 8.53. The number of nitrogens with one attached hydrogen (secondary N) is 1. The van der Waals surface area contributed by atoms with E-state index in [9.17, 15) is 4.79 Å². The number of aryl methyl sites for hydroxylation is 1. The molecule has 0 bridgehead atoms. The van der Waals surface area contributed by atoms with E-state index in [-0.39, 0.29) is 5.91 Å². The lowest BCUT2D eigenvalue weighted by molar-refractivity contribution is -0.123. The Hall–Kier alpha value is -1.55. The number of carbonyl (C=O) groups is 1. The van der Waals surface area contributed by atoms with Crippen molar-refractivity contribution in [2.75, 3.05) is 25.0 Å². The van der Waals surface area contributed by atoms with Crippen LogP contribution in [-0.2, 0) is 4.79 Å². The Kier molecular flexibility index (Phi) is 6.02. The lowest BCUT2D eigenvalue weighted by Crippen LogP contribution is -2.51. The molecule has 0 aliphatic carbocycles. The smallest absolute Gasteiger partial charge is 0.237 e. The first-order chi connectivity index (χ1) is 9.42. The highest BCUT2D eigenvalue weighted by atomic mass is 16.1. The third-order valence-electron chi connectivity index (χ3n) is 3.98. The Morgan fingerprint density at radius 2 is 1.95 bits per heavy atom. The van der Waals surface area contributed by atoms with Gasteiger partial charge in [0.2, 0.25) is 5.91 Å². The summed E-state index contributed by atoms with van der Waals surface area (Å²) in [4.78, 5) is 13.8. The summed E-state index contributed by atoms with van der Waals surface area (Å²) < 4.78 is 0. The second-order valence-electron chi connectivity index (χ2n) is 5.47. The third kappa shape index (κ3) is 4.23. The number of nitrogens with two attached hydrogens (primary N) is 1. The quantitative estimate of drug-likeness (QED) is 0.765. The Morgan fingerprint density at radius 1 is 1.35 bits per heavy atom. The predicted molar refractivity (Wildman–Crippen MR) is 85.0 cm³/mol. The number of anilines is 1. The summed E-state index contributed by atoms with van der Waals surface area (Å²) in [6.07, 6.45) is 1.66. The van der Waals surface area contributed by atoms with Gasteiger partial charge in [0, 0.05) is 18.8 Å². The van der Waals surface area contributed by atoms with E-state index in [0.717, 1.165) is 25.9 Å². The van der Waals surface area contributed by atoms with Gasteiger partial charge in [-0.05, 0) is 52.8 Å². The summed E-state index contributed by atoms with van der Waals surface area (Å²) in [5.41, 5.74) is 7.32. The Morgan fingerprint density at radius 3 is 2.40 bits per heavy atom. The van der Waals surface area contributed by atoms with Crippen molar-refractivity contribution in [1.82, 2.24) is 5.32 Å². The van der Waals surface area contributed by atoms with Crippen LogP contribution in [0.1, 0.15) is 32.3 Å². The van der Waals surface area contributed by atoms with E-state index in [1.54, 1.807) is 7.05 Å². The molecule has 0 spiro atoms. The van der Waals surface area contributed by atoms with Crippen LogP contribution < -0.4 is 16.0 Å². The zero-order chi connectivity index (χ0) is 15.2. The fourth-order valence-electron chi connectivity index (χ4n) is 2.22. The minimum Gasteiger partial charge on any atom is -0.372 e. The number of likely N-dealkylation sites (N-methyl/N-ethyl adjacent to an activating group) is 1. The fraction of sp³-hybridized carbons (Fsp3) is 0.562. The standard InChI is InChI=1S/C16H27N3O/c1-5-19(14-9-7-13(2)8-10-14)12-6-11-16(3,18-4)15(17)20/h7-10,18H,5-6,11-12H2,1-4H3,(H2,17,20). The number of primary amides is 1. The van der Waals surface area contributed by atoms with Crippen LogP contribution in [0.3, 0.4) is 0 Å². The van der Waals surface area contributed by atoms with Gasteiger partial charge in [-0.25, -0.2) is 0 Å². The molecule has 0 radical (unpaired) electrons. The average Bonchev–Trinajstić information content (AvgIpc) is 2.44. The number of rotatable bonds is 8. The molecule has 0 aromatic heterocycles. The predicted octanol–water partition coefficient (Wildman–Crippen LogP) is 2.06. The van der Waals surface area contributed by atoms with Crippen LogP contribution in [0.15, 0.2) is 24.3 Å². The van der Waals surface area contributed by atoms with Gasteiger partial charge in [-0.1, -0.05) is 17.7 Å². The van der Waals surface area contributed by atoms with E-state index in [1.165, 1.54) is 11.3 Å². The number of carbonyl (C=O) groups excluding carboxylic acids is 1. The molecule has 0 aliphatic heterocycles. The molecule has 4 nitrogen and oxygen atoms in total. The number of amides is 1. The van der Waals surface area contributed by atoms with Crippen LogP contribution in [0.25, 0.3) is 0 Å². The molecule has 1 aromatic carbocycles. The molecule has 1 rings (SSSR count). The highest BCUT2D eigenvalue weighted by Gasteiger charge is 2.28. The van der Waals surface area contributed by atoms with Gasteiger partial charge >= 0.3 is 0 Å². The highest BCUT2D eigenvalue weighted by Crippen LogP contribution is 2.17. The van der Waals surface area contributed by atoms with Crippen molar-refractivity contribution in [1.29, 1.82) is 0 Å². The highest BCUT2D eigenvalue weighted by molar-refractivity contribution is 5.84. The first kappa shape index (κ1) is 16.5. The Bertz CT molecular complexity index is 430. The second-order valence-corrected chi connectivity index (χ2v) is 5.47. The maximum Gasteiger partial charge on any atom is 0.237 e. The molecule has 0 fully saturated rings. The van der Waals surface area contributed by atoms with Gasteiger partial charge in [-0.2, -0.15) is 0 Å². The molecule has 0 heterocycles. The van der Waals surface area contributed by atoms with Gasteiger partial charge in [0.15, 0.2) is 0 Å². The van der Waals surface area contributed by atoms with Gasteiger partial charge in [0.1, 0.15) is 0 Å². The summed E-state index contributed by atoms with van der Waals surface area (Å²) in [5.74, 6) is -0.293. The molecule has 0 saturated carbocycles. The van der Waals surface area contributed by atoms with Gasteiger partial charge in [-0.3, -0.25) is 4.79 Å². The molecular weight excluding hydrogens is 250 g/mol. The average molecular weight is 277 g/mol. The monoisotopic (exact) mass is 277 g/mol. The van der Waals surface area contributed by atoms with Crippen molar-refractivity contribution in [3.05, 3.63) is 29.8 Å². The first-order valence-corrected chi connectivity index (χ1v) is 7.23. The minimum absolute atomic E-state index is 0.293. The Labute approximate surface area is 122 Å². The largest absolute Gasteiger partial charge is 0.372 e. The van der Waals surface area contributed by atoms with E-state index in [1.807, 2.05) is 6.92 Å². The van der Waals surface area contributed by atoms with Crippen LogP contribution in [-0.4, -0.2) is 31.6 Å². The Balaban J connectivity index is 2.58. The van der Waals surface area contributed by atoms with Crippen molar-refractivity contribution in [3.8, 4) is 0 Å². The molecule has 1 aromatic rings. The summed E-state index contributed by atoms with van der Waals surface area (Å²) in [6.45, 7) is 7.97. The lowest BCUT2D eigenvalue weighted by Gasteiger charge is -2.28. The molecule has 0 aliphatic rings. The van der Waals surface area contributed by atoms with Crippen LogP contribution in [0.2, 0.25) is 0 Å². The number of nitrogens with zero attached hydrogens (tertiary/aromatic N) is 1. The van der Waals surface area contributed by atoms with Crippen LogP contribution in [0, 0.1) is 6.92 Å². The number of hydrogen-bond acceptors (Lipinski definition) is 3. The minimum atomic E-state index is -0.618. The van der Waals surface area contributed by atoms with E-state index in [4.69, 9.17) is 5.73 Å². The van der Waals surface area contributed by atoms with Crippen molar-refractivity contribution in [3.63, 3.8) is 0 Å². The molecule has 1 atom stereocenters. The van der Waals surface area contributed by atoms with E-state index < -0.39 is 5.54 Å². The van der Waals surface area contributed by atoms with Crippen LogP contribution >= 0.6 is 0 Å². The van der Waals surface area contributed by atoms with Crippen molar-refractivity contribution >= 4 is 11.6 Å². The maximum atomic E-state index is 11.5. The maximum absolute atomic E-state index is 11.5. The fourth-order valence-corrected chi connectivity index (χ4v) is 2.22.